The molecule has 0 bridgehead atoms. The summed E-state index contributed by atoms with van der Waals surface area (Å²) >= 11 is 3.94. The first-order valence-corrected chi connectivity index (χ1v) is 14.5. The van der Waals surface area contributed by atoms with Gasteiger partial charge in [-0.25, -0.2) is 18.5 Å². The molecule has 0 spiro atoms. The maximum atomic E-state index is 12.4. The highest BCUT2D eigenvalue weighted by atomic mass is 32.1. The molecule has 17 nitrogen and oxygen atoms in total. The van der Waals surface area contributed by atoms with Gasteiger partial charge in [-0.1, -0.05) is 11.8 Å². The molecule has 1 aliphatic heterocycles. The second kappa shape index (κ2) is 12.4. The van der Waals surface area contributed by atoms with Crippen LogP contribution in [-0.4, -0.2) is 60.4 Å². The lowest BCUT2D eigenvalue weighted by Gasteiger charge is -2.21. The van der Waals surface area contributed by atoms with Gasteiger partial charge in [-0.15, -0.1) is 0 Å². The van der Waals surface area contributed by atoms with Crippen molar-refractivity contribution in [2.24, 2.45) is 5.73 Å². The van der Waals surface area contributed by atoms with Crippen LogP contribution in [0.4, 0.5) is 5.82 Å². The number of aromatic nitrogens is 2. The number of rotatable bonds is 11. The van der Waals surface area contributed by atoms with Gasteiger partial charge in [0, 0.05) is 24.6 Å². The maximum absolute atomic E-state index is 12.4. The van der Waals surface area contributed by atoms with E-state index in [0.717, 1.165) is 4.57 Å². The Bertz CT molecular complexity index is 1160. The van der Waals surface area contributed by atoms with Crippen molar-refractivity contribution in [3.8, 4) is 11.8 Å². The molecule has 1 aromatic heterocycles. The summed E-state index contributed by atoms with van der Waals surface area (Å²) in [6, 6.07) is 0. The van der Waals surface area contributed by atoms with E-state index >= 15 is 0 Å². The number of nitrogen functional groups attached to an aromatic ring is 1. The average molecular weight is 580 g/mol. The molecule has 1 aliphatic rings. The van der Waals surface area contributed by atoms with Crippen LogP contribution in [0.2, 0.25) is 0 Å². The largest absolute Gasteiger partial charge is 0.490 e. The fraction of sp³-hybridized carbons (Fsp3) is 0.571. The summed E-state index contributed by atoms with van der Waals surface area (Å²) in [5, 5.41) is 0. The topological polar surface area (TPSA) is 265 Å². The van der Waals surface area contributed by atoms with Crippen molar-refractivity contribution in [2.45, 2.75) is 31.3 Å². The van der Waals surface area contributed by atoms with Crippen LogP contribution >= 0.6 is 36.1 Å². The highest BCUT2D eigenvalue weighted by molar-refractivity contribution is 7.80. The number of phosphoric acid groups is 3. The molecule has 8 N–H and O–H groups in total. The van der Waals surface area contributed by atoms with Crippen molar-refractivity contribution >= 4 is 41.9 Å². The first-order valence-electron chi connectivity index (χ1n) is 9.36. The molecule has 1 saturated heterocycles. The van der Waals surface area contributed by atoms with E-state index in [4.69, 9.17) is 30.7 Å². The van der Waals surface area contributed by atoms with Gasteiger partial charge in [-0.05, 0) is 0 Å². The molecule has 21 heteroatoms. The van der Waals surface area contributed by atoms with Crippen LogP contribution in [0, 0.1) is 11.8 Å². The molecule has 0 aromatic carbocycles. The molecule has 0 radical (unpaired) electrons. The predicted molar refractivity (Wildman–Crippen MR) is 121 cm³/mol. The van der Waals surface area contributed by atoms with Crippen molar-refractivity contribution in [3.63, 3.8) is 0 Å². The first-order chi connectivity index (χ1) is 16.2. The van der Waals surface area contributed by atoms with Gasteiger partial charge in [0.1, 0.15) is 18.1 Å². The van der Waals surface area contributed by atoms with E-state index in [1.165, 1.54) is 6.20 Å². The van der Waals surface area contributed by atoms with Crippen LogP contribution in [0.15, 0.2) is 11.0 Å². The second-order valence-electron chi connectivity index (χ2n) is 6.66. The predicted octanol–water partition coefficient (Wildman–Crippen LogP) is -0.767. The Labute approximate surface area is 203 Å². The first kappa shape index (κ1) is 30.1. The molecule has 0 aliphatic carbocycles. The molecule has 35 heavy (non-hydrogen) atoms. The standard InChI is InChI=1S/C14H23N4O13P3S/c15-4-2-1-3-9-6-18(14(19)17-13(9)16)12-5-10(27-8-35)11(29-12)7-28-33(23,24)31-34(25,26)30-32(20,21)22/h6,10-12,35H,3-5,7-8,15H2,(H,23,24)(H,25,26)(H2,16,17,19)(H2,20,21,22)/t10?,11-,12-/m1/s1. The summed E-state index contributed by atoms with van der Waals surface area (Å²) in [5.74, 6) is 5.25. The van der Waals surface area contributed by atoms with E-state index in [-0.39, 0.29) is 31.1 Å². The van der Waals surface area contributed by atoms with E-state index in [9.17, 15) is 28.3 Å². The monoisotopic (exact) mass is 580 g/mol. The van der Waals surface area contributed by atoms with Crippen molar-refractivity contribution in [3.05, 3.63) is 22.2 Å². The third kappa shape index (κ3) is 9.69. The summed E-state index contributed by atoms with van der Waals surface area (Å²) in [7, 11) is -16.6. The van der Waals surface area contributed by atoms with Gasteiger partial charge in [0.25, 0.3) is 0 Å². The normalized spacial score (nSPS) is 23.8. The lowest BCUT2D eigenvalue weighted by Crippen LogP contribution is -2.29. The highest BCUT2D eigenvalue weighted by Crippen LogP contribution is 2.66. The Morgan fingerprint density at radius 1 is 1.20 bits per heavy atom. The number of nitrogens with zero attached hydrogens (tertiary/aromatic N) is 2. The molecule has 2 heterocycles. The Hall–Kier alpha value is -1.12. The lowest BCUT2D eigenvalue weighted by molar-refractivity contribution is -0.0543. The van der Waals surface area contributed by atoms with Gasteiger partial charge in [0.05, 0.1) is 25.2 Å². The quantitative estimate of drug-likeness (QED) is 0.0733. The number of ether oxygens (including phenoxy) is 2. The minimum absolute atomic E-state index is 0.0322. The minimum Gasteiger partial charge on any atom is -0.383 e. The maximum Gasteiger partial charge on any atom is 0.490 e. The number of nitrogens with two attached hydrogens (primary N) is 2. The van der Waals surface area contributed by atoms with Crippen molar-refractivity contribution < 1.29 is 55.9 Å². The van der Waals surface area contributed by atoms with Gasteiger partial charge < -0.3 is 40.5 Å². The van der Waals surface area contributed by atoms with Crippen LogP contribution in [0.5, 0.6) is 0 Å². The van der Waals surface area contributed by atoms with E-state index < -0.39 is 54.2 Å². The van der Waals surface area contributed by atoms with E-state index in [1.54, 1.807) is 0 Å². The molecule has 0 saturated carbocycles. The van der Waals surface area contributed by atoms with Gasteiger partial charge in [0.15, 0.2) is 0 Å². The third-order valence-electron chi connectivity index (χ3n) is 4.16. The number of hydrogen-bond donors (Lipinski definition) is 7. The van der Waals surface area contributed by atoms with Crippen LogP contribution in [0.3, 0.4) is 0 Å². The molecule has 198 valence electrons. The molecule has 1 fully saturated rings. The van der Waals surface area contributed by atoms with Gasteiger partial charge in [0.2, 0.25) is 0 Å². The van der Waals surface area contributed by atoms with E-state index in [2.05, 4.69) is 42.6 Å². The number of anilines is 1. The fourth-order valence-electron chi connectivity index (χ4n) is 2.86. The second-order valence-corrected chi connectivity index (χ2v) is 11.3. The van der Waals surface area contributed by atoms with Gasteiger partial charge in [-0.3, -0.25) is 9.09 Å². The highest BCUT2D eigenvalue weighted by Gasteiger charge is 2.43. The Morgan fingerprint density at radius 3 is 2.49 bits per heavy atom. The molecule has 0 amide bonds. The molecular weight excluding hydrogens is 557 g/mol. The van der Waals surface area contributed by atoms with Crippen molar-refractivity contribution in [2.75, 3.05) is 24.8 Å². The lowest BCUT2D eigenvalue weighted by atomic mass is 10.2. The van der Waals surface area contributed by atoms with Crippen LogP contribution in [0.1, 0.15) is 18.2 Å². The fourth-order valence-corrected chi connectivity index (χ4v) is 6.08. The van der Waals surface area contributed by atoms with E-state index in [1.807, 2.05) is 0 Å². The summed E-state index contributed by atoms with van der Waals surface area (Å²) < 4.78 is 58.2. The zero-order valence-corrected chi connectivity index (χ0v) is 21.2. The van der Waals surface area contributed by atoms with Gasteiger partial charge in [-0.2, -0.15) is 26.2 Å². The summed E-state index contributed by atoms with van der Waals surface area (Å²) in [5.41, 5.74) is 10.7. The summed E-state index contributed by atoms with van der Waals surface area (Å²) in [6.45, 7) is -0.649. The zero-order chi connectivity index (χ0) is 26.4. The summed E-state index contributed by atoms with van der Waals surface area (Å²) in [4.78, 5) is 52.1. The molecule has 2 rings (SSSR count). The number of thiol groups is 1. The molecule has 3 unspecified atom stereocenters. The SMILES string of the molecule is NCC#CCc1cn([C@H]2CC(OCS)[C@@H](COP(=O)(O)OP(=O)(O)OP(=O)(O)O)O2)c(=O)nc1N. The molecular formula is C14H23N4O13P3S. The third-order valence-corrected chi connectivity index (χ3v) is 8.12. The summed E-state index contributed by atoms with van der Waals surface area (Å²) in [6.07, 6.45) is -1.39. The van der Waals surface area contributed by atoms with Crippen LogP contribution in [0.25, 0.3) is 0 Å². The minimum atomic E-state index is -5.68. The van der Waals surface area contributed by atoms with Crippen molar-refractivity contribution in [1.29, 1.82) is 0 Å². The average Bonchev–Trinajstić information content (AvgIpc) is 3.08. The van der Waals surface area contributed by atoms with Crippen molar-refractivity contribution in [1.82, 2.24) is 9.55 Å². The number of phosphoric ester groups is 1. The van der Waals surface area contributed by atoms with Gasteiger partial charge >= 0.3 is 29.2 Å². The Kier molecular flexibility index (Phi) is 10.7. The molecule has 5 atom stereocenters. The van der Waals surface area contributed by atoms with Crippen LogP contribution < -0.4 is 17.2 Å². The zero-order valence-electron chi connectivity index (χ0n) is 17.6. The van der Waals surface area contributed by atoms with E-state index in [0.29, 0.717) is 5.56 Å². The number of hydrogen-bond acceptors (Lipinski definition) is 13. The smallest absolute Gasteiger partial charge is 0.383 e. The van der Waals surface area contributed by atoms with Crippen LogP contribution in [-0.2, 0) is 42.7 Å². The molecule has 1 aromatic rings. The Balaban J connectivity index is 2.16. The Morgan fingerprint density at radius 2 is 1.89 bits per heavy atom.